The Hall–Kier alpha value is -1.28. The molecule has 1 aliphatic heterocycles. The normalized spacial score (nSPS) is 15.6. The summed E-state index contributed by atoms with van der Waals surface area (Å²) in [7, 11) is 0. The van der Waals surface area contributed by atoms with Crippen LogP contribution >= 0.6 is 0 Å². The van der Waals surface area contributed by atoms with E-state index in [-0.39, 0.29) is 0 Å². The topological polar surface area (TPSA) is 27.8 Å². The highest BCUT2D eigenvalue weighted by Crippen LogP contribution is 2.29. The third kappa shape index (κ3) is 1.21. The van der Waals surface area contributed by atoms with Crippen LogP contribution in [0.15, 0.2) is 12.1 Å². The van der Waals surface area contributed by atoms with Crippen LogP contribution in [0.4, 0.5) is 0 Å². The molecule has 0 bridgehead atoms. The Balaban J connectivity index is 2.39. The van der Waals surface area contributed by atoms with Crippen molar-refractivity contribution in [3.63, 3.8) is 0 Å². The van der Waals surface area contributed by atoms with Gasteiger partial charge in [-0.3, -0.25) is 0 Å². The standard InChI is InChI=1S/C13H16N2/c1-8-3-4-11-13(9(8)2)10-5-6-14-7-12(10)15-11/h3-4,14-15H,5-7H2,1-2H3. The predicted molar refractivity (Wildman–Crippen MR) is 63.2 cm³/mol. The summed E-state index contributed by atoms with van der Waals surface area (Å²) >= 11 is 0. The van der Waals surface area contributed by atoms with Gasteiger partial charge in [0.1, 0.15) is 0 Å². The highest BCUT2D eigenvalue weighted by Gasteiger charge is 2.16. The molecule has 0 atom stereocenters. The van der Waals surface area contributed by atoms with E-state index in [1.807, 2.05) is 0 Å². The number of fused-ring (bicyclic) bond motifs is 3. The maximum Gasteiger partial charge on any atom is 0.0462 e. The van der Waals surface area contributed by atoms with E-state index in [1.54, 1.807) is 0 Å². The zero-order valence-electron chi connectivity index (χ0n) is 9.28. The molecule has 78 valence electrons. The molecule has 2 heterocycles. The molecule has 2 aromatic rings. The molecule has 2 N–H and O–H groups in total. The maximum absolute atomic E-state index is 3.52. The van der Waals surface area contributed by atoms with Crippen LogP contribution < -0.4 is 5.32 Å². The lowest BCUT2D eigenvalue weighted by molar-refractivity contribution is 0.637. The van der Waals surface area contributed by atoms with Crippen LogP contribution in [0.2, 0.25) is 0 Å². The maximum atomic E-state index is 3.52. The van der Waals surface area contributed by atoms with Crippen molar-refractivity contribution in [1.82, 2.24) is 10.3 Å². The third-order valence-corrected chi connectivity index (χ3v) is 3.54. The number of nitrogens with one attached hydrogen (secondary N) is 2. The Morgan fingerprint density at radius 1 is 1.20 bits per heavy atom. The second kappa shape index (κ2) is 3.11. The molecule has 0 unspecified atom stereocenters. The number of aromatic nitrogens is 1. The lowest BCUT2D eigenvalue weighted by Crippen LogP contribution is -2.23. The molecular formula is C13H16N2. The number of rotatable bonds is 0. The lowest BCUT2D eigenvalue weighted by atomic mass is 9.98. The molecule has 0 amide bonds. The van der Waals surface area contributed by atoms with Crippen molar-refractivity contribution >= 4 is 10.9 Å². The first-order valence-electron chi connectivity index (χ1n) is 5.57. The molecule has 15 heavy (non-hydrogen) atoms. The van der Waals surface area contributed by atoms with Crippen molar-refractivity contribution in [2.75, 3.05) is 6.54 Å². The zero-order valence-corrected chi connectivity index (χ0v) is 9.28. The molecule has 1 aliphatic rings. The fourth-order valence-corrected chi connectivity index (χ4v) is 2.55. The largest absolute Gasteiger partial charge is 0.357 e. The smallest absolute Gasteiger partial charge is 0.0462 e. The average Bonchev–Trinajstić information content (AvgIpc) is 2.62. The molecular weight excluding hydrogens is 184 g/mol. The van der Waals surface area contributed by atoms with E-state index < -0.39 is 0 Å². The summed E-state index contributed by atoms with van der Waals surface area (Å²) in [6.45, 7) is 6.51. The second-order valence-electron chi connectivity index (χ2n) is 4.44. The van der Waals surface area contributed by atoms with Crippen LogP contribution in [0.3, 0.4) is 0 Å². The van der Waals surface area contributed by atoms with E-state index in [0.29, 0.717) is 0 Å². The number of hydrogen-bond acceptors (Lipinski definition) is 1. The SMILES string of the molecule is Cc1ccc2[nH]c3c(c2c1C)CCNC3. The van der Waals surface area contributed by atoms with Crippen molar-refractivity contribution < 1.29 is 0 Å². The van der Waals surface area contributed by atoms with Gasteiger partial charge in [-0.15, -0.1) is 0 Å². The third-order valence-electron chi connectivity index (χ3n) is 3.54. The molecule has 1 aromatic carbocycles. The Labute approximate surface area is 89.7 Å². The van der Waals surface area contributed by atoms with Gasteiger partial charge in [-0.05, 0) is 49.6 Å². The van der Waals surface area contributed by atoms with Gasteiger partial charge < -0.3 is 10.3 Å². The highest BCUT2D eigenvalue weighted by molar-refractivity contribution is 5.89. The van der Waals surface area contributed by atoms with Crippen molar-refractivity contribution in [2.24, 2.45) is 0 Å². The first-order valence-corrected chi connectivity index (χ1v) is 5.57. The van der Waals surface area contributed by atoms with Crippen LogP contribution in [0.5, 0.6) is 0 Å². The van der Waals surface area contributed by atoms with Crippen LogP contribution in [0.1, 0.15) is 22.4 Å². The fourth-order valence-electron chi connectivity index (χ4n) is 2.55. The van der Waals surface area contributed by atoms with Gasteiger partial charge in [-0.25, -0.2) is 0 Å². The average molecular weight is 200 g/mol. The van der Waals surface area contributed by atoms with Crippen LogP contribution in [0.25, 0.3) is 10.9 Å². The summed E-state index contributed by atoms with van der Waals surface area (Å²) in [5.41, 5.74) is 7.04. The number of aromatic amines is 1. The molecule has 0 saturated carbocycles. The molecule has 3 rings (SSSR count). The Morgan fingerprint density at radius 2 is 2.07 bits per heavy atom. The minimum absolute atomic E-state index is 0.989. The molecule has 0 fully saturated rings. The Kier molecular flexibility index (Phi) is 1.86. The monoisotopic (exact) mass is 200 g/mol. The predicted octanol–water partition coefficient (Wildman–Crippen LogP) is 2.43. The molecule has 0 radical (unpaired) electrons. The van der Waals surface area contributed by atoms with Crippen LogP contribution in [0, 0.1) is 13.8 Å². The van der Waals surface area contributed by atoms with Crippen molar-refractivity contribution in [3.05, 3.63) is 34.5 Å². The number of benzene rings is 1. The first kappa shape index (κ1) is 8.98. The quantitative estimate of drug-likeness (QED) is 0.671. The van der Waals surface area contributed by atoms with Gasteiger partial charge >= 0.3 is 0 Å². The van der Waals surface area contributed by atoms with Gasteiger partial charge in [0, 0.05) is 23.1 Å². The molecule has 0 aliphatic carbocycles. The van der Waals surface area contributed by atoms with E-state index in [9.17, 15) is 0 Å². The van der Waals surface area contributed by atoms with E-state index in [2.05, 4.69) is 36.3 Å². The van der Waals surface area contributed by atoms with Crippen LogP contribution in [-0.2, 0) is 13.0 Å². The minimum atomic E-state index is 0.989. The summed E-state index contributed by atoms with van der Waals surface area (Å²) < 4.78 is 0. The molecule has 1 aromatic heterocycles. The summed E-state index contributed by atoms with van der Waals surface area (Å²) in [4.78, 5) is 3.52. The van der Waals surface area contributed by atoms with E-state index in [0.717, 1.165) is 19.5 Å². The van der Waals surface area contributed by atoms with Crippen molar-refractivity contribution in [3.8, 4) is 0 Å². The number of aryl methyl sites for hydroxylation is 2. The summed E-state index contributed by atoms with van der Waals surface area (Å²) in [6.07, 6.45) is 1.15. The van der Waals surface area contributed by atoms with Gasteiger partial charge in [0.15, 0.2) is 0 Å². The zero-order chi connectivity index (χ0) is 10.4. The van der Waals surface area contributed by atoms with Crippen LogP contribution in [-0.4, -0.2) is 11.5 Å². The van der Waals surface area contributed by atoms with Gasteiger partial charge in [0.25, 0.3) is 0 Å². The summed E-state index contributed by atoms with van der Waals surface area (Å²) in [5, 5.41) is 4.87. The van der Waals surface area contributed by atoms with E-state index in [1.165, 1.54) is 33.3 Å². The minimum Gasteiger partial charge on any atom is -0.357 e. The lowest BCUT2D eigenvalue weighted by Gasteiger charge is -2.13. The fraction of sp³-hybridized carbons (Fsp3) is 0.385. The first-order chi connectivity index (χ1) is 7.27. The second-order valence-corrected chi connectivity index (χ2v) is 4.44. The van der Waals surface area contributed by atoms with Gasteiger partial charge in [0.05, 0.1) is 0 Å². The van der Waals surface area contributed by atoms with Gasteiger partial charge in [-0.1, -0.05) is 6.07 Å². The molecule has 2 nitrogen and oxygen atoms in total. The van der Waals surface area contributed by atoms with Crippen molar-refractivity contribution in [2.45, 2.75) is 26.8 Å². The molecule has 0 spiro atoms. The Bertz CT molecular complexity index is 523. The molecule has 0 saturated heterocycles. The van der Waals surface area contributed by atoms with E-state index in [4.69, 9.17) is 0 Å². The number of H-pyrrole nitrogens is 1. The van der Waals surface area contributed by atoms with E-state index >= 15 is 0 Å². The Morgan fingerprint density at radius 3 is 2.93 bits per heavy atom. The summed E-state index contributed by atoms with van der Waals surface area (Å²) in [6, 6.07) is 4.41. The van der Waals surface area contributed by atoms with Gasteiger partial charge in [0.2, 0.25) is 0 Å². The highest BCUT2D eigenvalue weighted by atomic mass is 14.9. The summed E-state index contributed by atoms with van der Waals surface area (Å²) in [5.74, 6) is 0. The molecule has 2 heteroatoms. The van der Waals surface area contributed by atoms with Crippen molar-refractivity contribution in [1.29, 1.82) is 0 Å². The number of hydrogen-bond donors (Lipinski definition) is 2. The van der Waals surface area contributed by atoms with Gasteiger partial charge in [-0.2, -0.15) is 0 Å².